The molecule has 0 atom stereocenters. The van der Waals surface area contributed by atoms with E-state index in [4.69, 9.17) is 4.74 Å². The molecule has 0 aliphatic rings. The molecule has 2 N–H and O–H groups in total. The smallest absolute Gasteiger partial charge is 0.251 e. The van der Waals surface area contributed by atoms with E-state index in [0.29, 0.717) is 38.1 Å². The average Bonchev–Trinajstić information content (AvgIpc) is 2.64. The van der Waals surface area contributed by atoms with Crippen LogP contribution in [-0.4, -0.2) is 36.5 Å². The Morgan fingerprint density at radius 1 is 1.00 bits per heavy atom. The van der Waals surface area contributed by atoms with Crippen LogP contribution in [0, 0.1) is 6.92 Å². The SMILES string of the molecule is Cc1ccc(OCCCC(=O)NCCNC(=O)c2ccncc2)cc1. The van der Waals surface area contributed by atoms with Gasteiger partial charge in [0.2, 0.25) is 5.91 Å². The number of benzene rings is 1. The summed E-state index contributed by atoms with van der Waals surface area (Å²) < 4.78 is 5.58. The third kappa shape index (κ3) is 7.03. The summed E-state index contributed by atoms with van der Waals surface area (Å²) in [5.41, 5.74) is 1.73. The normalized spacial score (nSPS) is 10.1. The second-order valence-electron chi connectivity index (χ2n) is 5.61. The molecule has 1 heterocycles. The predicted octanol–water partition coefficient (Wildman–Crippen LogP) is 2.10. The van der Waals surface area contributed by atoms with Crippen LogP contribution in [0.1, 0.15) is 28.8 Å². The van der Waals surface area contributed by atoms with Crippen molar-refractivity contribution in [1.82, 2.24) is 15.6 Å². The standard InChI is InChI=1S/C19H23N3O3/c1-15-4-6-17(7-5-15)25-14-2-3-18(23)21-12-13-22-19(24)16-8-10-20-11-9-16/h4-11H,2-3,12-14H2,1H3,(H,21,23)(H,22,24). The summed E-state index contributed by atoms with van der Waals surface area (Å²) in [5, 5.41) is 5.52. The van der Waals surface area contributed by atoms with Crippen molar-refractivity contribution < 1.29 is 14.3 Å². The van der Waals surface area contributed by atoms with Crippen molar-refractivity contribution in [3.63, 3.8) is 0 Å². The summed E-state index contributed by atoms with van der Waals surface area (Å²) in [4.78, 5) is 27.4. The summed E-state index contributed by atoms with van der Waals surface area (Å²) in [5.74, 6) is 0.582. The Labute approximate surface area is 147 Å². The fourth-order valence-corrected chi connectivity index (χ4v) is 2.13. The van der Waals surface area contributed by atoms with Gasteiger partial charge in [0.15, 0.2) is 0 Å². The molecule has 0 unspecified atom stereocenters. The molecule has 0 saturated heterocycles. The van der Waals surface area contributed by atoms with Gasteiger partial charge in [-0.05, 0) is 37.6 Å². The van der Waals surface area contributed by atoms with Crippen molar-refractivity contribution in [2.45, 2.75) is 19.8 Å². The van der Waals surface area contributed by atoms with Gasteiger partial charge in [0.05, 0.1) is 6.61 Å². The van der Waals surface area contributed by atoms with Gasteiger partial charge in [-0.15, -0.1) is 0 Å². The lowest BCUT2D eigenvalue weighted by Gasteiger charge is -2.08. The summed E-state index contributed by atoms with van der Waals surface area (Å²) in [7, 11) is 0. The maximum Gasteiger partial charge on any atom is 0.251 e. The first kappa shape index (κ1) is 18.4. The average molecular weight is 341 g/mol. The molecular weight excluding hydrogens is 318 g/mol. The molecule has 0 spiro atoms. The van der Waals surface area contributed by atoms with E-state index in [1.807, 2.05) is 31.2 Å². The quantitative estimate of drug-likeness (QED) is 0.685. The van der Waals surface area contributed by atoms with Crippen LogP contribution >= 0.6 is 0 Å². The third-order valence-electron chi connectivity index (χ3n) is 3.51. The van der Waals surface area contributed by atoms with Crippen LogP contribution in [0.25, 0.3) is 0 Å². The maximum absolute atomic E-state index is 11.8. The number of aromatic nitrogens is 1. The first-order valence-corrected chi connectivity index (χ1v) is 8.29. The zero-order valence-corrected chi connectivity index (χ0v) is 14.3. The van der Waals surface area contributed by atoms with Crippen molar-refractivity contribution in [2.24, 2.45) is 0 Å². The number of rotatable bonds is 9. The molecule has 2 aromatic rings. The number of nitrogens with zero attached hydrogens (tertiary/aromatic N) is 1. The fourth-order valence-electron chi connectivity index (χ4n) is 2.13. The minimum Gasteiger partial charge on any atom is -0.494 e. The number of ether oxygens (including phenoxy) is 1. The number of hydrogen-bond donors (Lipinski definition) is 2. The molecule has 25 heavy (non-hydrogen) atoms. The Morgan fingerprint density at radius 2 is 1.68 bits per heavy atom. The highest BCUT2D eigenvalue weighted by Gasteiger charge is 2.05. The van der Waals surface area contributed by atoms with E-state index >= 15 is 0 Å². The summed E-state index contributed by atoms with van der Waals surface area (Å²) in [6, 6.07) is 11.1. The zero-order valence-electron chi connectivity index (χ0n) is 14.3. The van der Waals surface area contributed by atoms with Gasteiger partial charge in [-0.1, -0.05) is 17.7 Å². The van der Waals surface area contributed by atoms with Gasteiger partial charge in [0.25, 0.3) is 5.91 Å². The minimum absolute atomic E-state index is 0.0503. The Bertz CT molecular complexity index is 672. The maximum atomic E-state index is 11.8. The van der Waals surface area contributed by atoms with Crippen molar-refractivity contribution >= 4 is 11.8 Å². The molecule has 6 heteroatoms. The third-order valence-corrected chi connectivity index (χ3v) is 3.51. The van der Waals surface area contributed by atoms with Crippen LogP contribution < -0.4 is 15.4 Å². The summed E-state index contributed by atoms with van der Waals surface area (Å²) in [6.45, 7) is 3.30. The summed E-state index contributed by atoms with van der Waals surface area (Å²) in [6.07, 6.45) is 4.16. The van der Waals surface area contributed by atoms with E-state index in [1.54, 1.807) is 24.5 Å². The lowest BCUT2D eigenvalue weighted by atomic mass is 10.2. The molecule has 1 aromatic carbocycles. The number of carbonyl (C=O) groups excluding carboxylic acids is 2. The molecule has 0 aliphatic carbocycles. The Kier molecular flexibility index (Phi) is 7.43. The van der Waals surface area contributed by atoms with Crippen LogP contribution in [0.4, 0.5) is 0 Å². The minimum atomic E-state index is -0.178. The van der Waals surface area contributed by atoms with Gasteiger partial charge >= 0.3 is 0 Å². The second-order valence-corrected chi connectivity index (χ2v) is 5.61. The predicted molar refractivity (Wildman–Crippen MR) is 95.5 cm³/mol. The number of aryl methyl sites for hydroxylation is 1. The van der Waals surface area contributed by atoms with E-state index < -0.39 is 0 Å². The van der Waals surface area contributed by atoms with E-state index in [1.165, 1.54) is 5.56 Å². The fraction of sp³-hybridized carbons (Fsp3) is 0.316. The summed E-state index contributed by atoms with van der Waals surface area (Å²) >= 11 is 0. The molecule has 0 bridgehead atoms. The highest BCUT2D eigenvalue weighted by Crippen LogP contribution is 2.11. The topological polar surface area (TPSA) is 80.3 Å². The largest absolute Gasteiger partial charge is 0.494 e. The Morgan fingerprint density at radius 3 is 2.40 bits per heavy atom. The molecule has 0 aliphatic heterocycles. The molecular formula is C19H23N3O3. The molecule has 6 nitrogen and oxygen atoms in total. The molecule has 0 fully saturated rings. The van der Waals surface area contributed by atoms with Gasteiger partial charge in [-0.25, -0.2) is 0 Å². The lowest BCUT2D eigenvalue weighted by molar-refractivity contribution is -0.121. The number of nitrogens with one attached hydrogen (secondary N) is 2. The first-order chi connectivity index (χ1) is 12.1. The van der Waals surface area contributed by atoms with Crippen molar-refractivity contribution in [3.05, 3.63) is 59.9 Å². The van der Waals surface area contributed by atoms with Gasteiger partial charge < -0.3 is 15.4 Å². The van der Waals surface area contributed by atoms with Crippen LogP contribution in [0.2, 0.25) is 0 Å². The van der Waals surface area contributed by atoms with E-state index in [2.05, 4.69) is 15.6 Å². The second kappa shape index (κ2) is 10.1. The van der Waals surface area contributed by atoms with Crippen LogP contribution in [0.5, 0.6) is 5.75 Å². The molecule has 0 radical (unpaired) electrons. The first-order valence-electron chi connectivity index (χ1n) is 8.29. The van der Waals surface area contributed by atoms with Gasteiger partial charge in [-0.3, -0.25) is 14.6 Å². The zero-order chi connectivity index (χ0) is 17.9. The van der Waals surface area contributed by atoms with Crippen LogP contribution in [0.15, 0.2) is 48.8 Å². The number of amides is 2. The van der Waals surface area contributed by atoms with Crippen LogP contribution in [0.3, 0.4) is 0 Å². The van der Waals surface area contributed by atoms with Crippen molar-refractivity contribution in [3.8, 4) is 5.75 Å². The molecule has 2 rings (SSSR count). The highest BCUT2D eigenvalue weighted by molar-refractivity contribution is 5.93. The van der Waals surface area contributed by atoms with Gasteiger partial charge in [0, 0.05) is 37.5 Å². The van der Waals surface area contributed by atoms with E-state index in [9.17, 15) is 9.59 Å². The molecule has 132 valence electrons. The van der Waals surface area contributed by atoms with Crippen LogP contribution in [-0.2, 0) is 4.79 Å². The Balaban J connectivity index is 1.52. The van der Waals surface area contributed by atoms with Crippen molar-refractivity contribution in [2.75, 3.05) is 19.7 Å². The Hall–Kier alpha value is -2.89. The van der Waals surface area contributed by atoms with Gasteiger partial charge in [0.1, 0.15) is 5.75 Å². The monoisotopic (exact) mass is 341 g/mol. The number of pyridine rings is 1. The molecule has 1 aromatic heterocycles. The highest BCUT2D eigenvalue weighted by atomic mass is 16.5. The number of hydrogen-bond acceptors (Lipinski definition) is 4. The van der Waals surface area contributed by atoms with E-state index in [0.717, 1.165) is 5.75 Å². The van der Waals surface area contributed by atoms with Gasteiger partial charge in [-0.2, -0.15) is 0 Å². The molecule has 0 saturated carbocycles. The van der Waals surface area contributed by atoms with Crippen molar-refractivity contribution in [1.29, 1.82) is 0 Å². The molecule has 2 amide bonds. The van der Waals surface area contributed by atoms with E-state index in [-0.39, 0.29) is 11.8 Å². The lowest BCUT2D eigenvalue weighted by Crippen LogP contribution is -2.34. The number of carbonyl (C=O) groups is 2.